The predicted molar refractivity (Wildman–Crippen MR) is 146 cm³/mol. The zero-order valence-electron chi connectivity index (χ0n) is 19.4. The van der Waals surface area contributed by atoms with Gasteiger partial charge in [-0.3, -0.25) is 0 Å². The second kappa shape index (κ2) is 11.8. The molecule has 0 amide bonds. The van der Waals surface area contributed by atoms with Crippen LogP contribution >= 0.6 is 22.6 Å². The van der Waals surface area contributed by atoms with Crippen LogP contribution in [-0.4, -0.2) is 6.61 Å². The molecular formula is C29H28INO3. The van der Waals surface area contributed by atoms with E-state index in [0.29, 0.717) is 19.8 Å². The smallest absolute Gasteiger partial charge is 0.174 e. The molecule has 0 radical (unpaired) electrons. The maximum Gasteiger partial charge on any atom is 0.174 e. The zero-order chi connectivity index (χ0) is 23.8. The monoisotopic (exact) mass is 565 g/mol. The van der Waals surface area contributed by atoms with E-state index in [2.05, 4.69) is 71.2 Å². The highest BCUT2D eigenvalue weighted by molar-refractivity contribution is 14.1. The van der Waals surface area contributed by atoms with E-state index in [0.717, 1.165) is 43.4 Å². The van der Waals surface area contributed by atoms with Gasteiger partial charge < -0.3 is 19.5 Å². The highest BCUT2D eigenvalue weighted by Crippen LogP contribution is 2.35. The summed E-state index contributed by atoms with van der Waals surface area (Å²) in [6.07, 6.45) is 0. The Morgan fingerprint density at radius 3 is 2.18 bits per heavy atom. The van der Waals surface area contributed by atoms with Crippen LogP contribution in [0.1, 0.15) is 23.6 Å². The molecule has 5 heteroatoms. The van der Waals surface area contributed by atoms with Gasteiger partial charge in [0.25, 0.3) is 0 Å². The summed E-state index contributed by atoms with van der Waals surface area (Å²) >= 11 is 2.32. The van der Waals surface area contributed by atoms with Gasteiger partial charge in [-0.15, -0.1) is 0 Å². The fraction of sp³-hybridized carbons (Fsp3) is 0.172. The molecule has 0 fully saturated rings. The summed E-state index contributed by atoms with van der Waals surface area (Å²) in [4.78, 5) is 0. The van der Waals surface area contributed by atoms with E-state index in [9.17, 15) is 0 Å². The third-order valence-electron chi connectivity index (χ3n) is 5.20. The number of ether oxygens (including phenoxy) is 3. The highest BCUT2D eigenvalue weighted by atomic mass is 127. The average molecular weight is 565 g/mol. The molecule has 0 aliphatic heterocycles. The van der Waals surface area contributed by atoms with E-state index in [1.54, 1.807) is 0 Å². The number of nitrogens with one attached hydrogen (secondary N) is 1. The molecule has 174 valence electrons. The Hall–Kier alpha value is -3.19. The van der Waals surface area contributed by atoms with Crippen LogP contribution in [-0.2, 0) is 13.2 Å². The lowest BCUT2D eigenvalue weighted by atomic mass is 10.1. The first-order valence-electron chi connectivity index (χ1n) is 11.3. The van der Waals surface area contributed by atoms with Crippen LogP contribution < -0.4 is 19.5 Å². The summed E-state index contributed by atoms with van der Waals surface area (Å²) in [6.45, 7) is 5.83. The van der Waals surface area contributed by atoms with Crippen molar-refractivity contribution in [2.75, 3.05) is 11.9 Å². The number of benzene rings is 4. The molecule has 0 atom stereocenters. The normalized spacial score (nSPS) is 10.6. The van der Waals surface area contributed by atoms with Crippen LogP contribution in [0.4, 0.5) is 5.69 Å². The molecule has 0 aliphatic carbocycles. The third-order valence-corrected chi connectivity index (χ3v) is 6.00. The molecule has 0 aromatic heterocycles. The number of hydrogen-bond acceptors (Lipinski definition) is 4. The molecule has 0 saturated carbocycles. The van der Waals surface area contributed by atoms with Gasteiger partial charge in [0.15, 0.2) is 11.5 Å². The molecule has 0 spiro atoms. The Labute approximate surface area is 215 Å². The van der Waals surface area contributed by atoms with Gasteiger partial charge in [-0.2, -0.15) is 0 Å². The molecule has 0 heterocycles. The van der Waals surface area contributed by atoms with Crippen molar-refractivity contribution in [1.82, 2.24) is 0 Å². The molecule has 34 heavy (non-hydrogen) atoms. The van der Waals surface area contributed by atoms with Gasteiger partial charge in [0.05, 0.1) is 10.2 Å². The lowest BCUT2D eigenvalue weighted by Crippen LogP contribution is -2.05. The van der Waals surface area contributed by atoms with Crippen LogP contribution in [0.15, 0.2) is 91.0 Å². The number of hydrogen-bond donors (Lipinski definition) is 1. The molecule has 4 aromatic rings. The Balaban J connectivity index is 1.40. The van der Waals surface area contributed by atoms with Crippen molar-refractivity contribution in [3.63, 3.8) is 0 Å². The largest absolute Gasteiger partial charge is 0.490 e. The SMILES string of the molecule is CCOc1cc(CNc2ccc(Oc3ccccc3)cc2)cc(I)c1OCc1ccc(C)cc1. The summed E-state index contributed by atoms with van der Waals surface area (Å²) in [7, 11) is 0. The van der Waals surface area contributed by atoms with Gasteiger partial charge in [0.2, 0.25) is 0 Å². The van der Waals surface area contributed by atoms with Crippen molar-refractivity contribution in [2.45, 2.75) is 27.0 Å². The maximum absolute atomic E-state index is 6.16. The second-order valence-corrected chi connectivity index (χ2v) is 9.07. The predicted octanol–water partition coefficient (Wildman–Crippen LogP) is 7.98. The zero-order valence-corrected chi connectivity index (χ0v) is 21.5. The quantitative estimate of drug-likeness (QED) is 0.198. The first-order valence-corrected chi connectivity index (χ1v) is 12.4. The summed E-state index contributed by atoms with van der Waals surface area (Å²) in [5.41, 5.74) is 4.52. The molecule has 0 unspecified atom stereocenters. The first kappa shape index (κ1) is 24.0. The summed E-state index contributed by atoms with van der Waals surface area (Å²) < 4.78 is 19.0. The van der Waals surface area contributed by atoms with E-state index >= 15 is 0 Å². The lowest BCUT2D eigenvalue weighted by molar-refractivity contribution is 0.267. The van der Waals surface area contributed by atoms with Crippen LogP contribution in [0, 0.1) is 10.5 Å². The van der Waals surface area contributed by atoms with Gasteiger partial charge in [0.1, 0.15) is 18.1 Å². The van der Waals surface area contributed by atoms with Crippen molar-refractivity contribution in [1.29, 1.82) is 0 Å². The topological polar surface area (TPSA) is 39.7 Å². The lowest BCUT2D eigenvalue weighted by Gasteiger charge is -2.16. The van der Waals surface area contributed by atoms with E-state index in [1.165, 1.54) is 5.56 Å². The van der Waals surface area contributed by atoms with Crippen molar-refractivity contribution in [3.05, 3.63) is 111 Å². The Kier molecular flexibility index (Phi) is 8.31. The maximum atomic E-state index is 6.16. The van der Waals surface area contributed by atoms with Crippen LogP contribution in [0.3, 0.4) is 0 Å². The number of halogens is 1. The molecule has 0 bridgehead atoms. The number of rotatable bonds is 10. The number of para-hydroxylation sites is 1. The van der Waals surface area contributed by atoms with Crippen molar-refractivity contribution < 1.29 is 14.2 Å². The van der Waals surface area contributed by atoms with Gasteiger partial charge in [-0.25, -0.2) is 0 Å². The van der Waals surface area contributed by atoms with E-state index in [-0.39, 0.29) is 0 Å². The van der Waals surface area contributed by atoms with Gasteiger partial charge >= 0.3 is 0 Å². The van der Waals surface area contributed by atoms with E-state index < -0.39 is 0 Å². The summed E-state index contributed by atoms with van der Waals surface area (Å²) in [6, 6.07) is 30.3. The molecular weight excluding hydrogens is 537 g/mol. The standard InChI is InChI=1S/C29H28INO3/c1-3-32-28-18-23(17-27(30)29(28)33-20-22-11-9-21(2)10-12-22)19-31-24-13-15-26(16-14-24)34-25-7-5-4-6-8-25/h4-18,31H,3,19-20H2,1-2H3. The molecule has 4 nitrogen and oxygen atoms in total. The van der Waals surface area contributed by atoms with Crippen molar-refractivity contribution >= 4 is 28.3 Å². The molecule has 0 saturated heterocycles. The van der Waals surface area contributed by atoms with Gasteiger partial charge in [-0.1, -0.05) is 48.0 Å². The minimum absolute atomic E-state index is 0.505. The van der Waals surface area contributed by atoms with Crippen molar-refractivity contribution in [3.8, 4) is 23.0 Å². The molecule has 1 N–H and O–H groups in total. The minimum Gasteiger partial charge on any atom is -0.490 e. The van der Waals surface area contributed by atoms with E-state index in [1.807, 2.05) is 61.5 Å². The third kappa shape index (κ3) is 6.67. The minimum atomic E-state index is 0.505. The van der Waals surface area contributed by atoms with Crippen LogP contribution in [0.25, 0.3) is 0 Å². The highest BCUT2D eigenvalue weighted by Gasteiger charge is 2.13. The fourth-order valence-electron chi connectivity index (χ4n) is 3.44. The first-order chi connectivity index (χ1) is 16.6. The Morgan fingerprint density at radius 1 is 0.765 bits per heavy atom. The molecule has 4 rings (SSSR count). The Bertz CT molecular complexity index is 1190. The number of anilines is 1. The van der Waals surface area contributed by atoms with Gasteiger partial charge in [0, 0.05) is 12.2 Å². The van der Waals surface area contributed by atoms with Crippen LogP contribution in [0.5, 0.6) is 23.0 Å². The summed E-state index contributed by atoms with van der Waals surface area (Å²) in [5.74, 6) is 3.19. The Morgan fingerprint density at radius 2 is 1.47 bits per heavy atom. The second-order valence-electron chi connectivity index (χ2n) is 7.91. The molecule has 4 aromatic carbocycles. The van der Waals surface area contributed by atoms with Crippen molar-refractivity contribution in [2.24, 2.45) is 0 Å². The summed E-state index contributed by atoms with van der Waals surface area (Å²) in [5, 5.41) is 3.48. The van der Waals surface area contributed by atoms with Crippen LogP contribution in [0.2, 0.25) is 0 Å². The van der Waals surface area contributed by atoms with Gasteiger partial charge in [-0.05, 0) is 96.1 Å². The van der Waals surface area contributed by atoms with E-state index in [4.69, 9.17) is 14.2 Å². The fourth-order valence-corrected chi connectivity index (χ4v) is 4.26. The molecule has 0 aliphatic rings. The number of aryl methyl sites for hydroxylation is 1. The average Bonchev–Trinajstić information content (AvgIpc) is 2.85.